The van der Waals surface area contributed by atoms with E-state index < -0.39 is 5.91 Å². The molecular weight excluding hydrogens is 384 g/mol. The number of benzene rings is 1. The van der Waals surface area contributed by atoms with Crippen LogP contribution in [0.5, 0.6) is 0 Å². The van der Waals surface area contributed by atoms with E-state index in [2.05, 4.69) is 15.5 Å². The molecule has 0 atom stereocenters. The fourth-order valence-electron chi connectivity index (χ4n) is 3.37. The minimum Gasteiger partial charge on any atom is -0.379 e. The second-order valence-corrected chi connectivity index (χ2v) is 7.92. The first-order chi connectivity index (χ1) is 14.3. The standard InChI is InChI=1S/C22H34N4O4/c1-16(2)30-15-3-11-24-22(29)18-8-12-26(13-9-18)14-10-20(27)25-19-6-4-17(5-7-19)21(23)28/h4-7,16,18H,3,8-15H2,1-2H3,(H2,23,28)(H,24,29)(H,25,27). The van der Waals surface area contributed by atoms with E-state index in [1.165, 1.54) is 0 Å². The number of likely N-dealkylation sites (tertiary alicyclic amines) is 1. The molecule has 0 saturated carbocycles. The lowest BCUT2D eigenvalue weighted by atomic mass is 9.96. The molecule has 8 nitrogen and oxygen atoms in total. The van der Waals surface area contributed by atoms with Crippen LogP contribution in [0.4, 0.5) is 5.69 Å². The van der Waals surface area contributed by atoms with Gasteiger partial charge < -0.3 is 26.0 Å². The van der Waals surface area contributed by atoms with Crippen LogP contribution < -0.4 is 16.4 Å². The molecule has 1 saturated heterocycles. The number of hydrogen-bond donors (Lipinski definition) is 3. The van der Waals surface area contributed by atoms with Gasteiger partial charge in [0.05, 0.1) is 6.10 Å². The van der Waals surface area contributed by atoms with E-state index in [0.717, 1.165) is 32.4 Å². The molecule has 0 aliphatic carbocycles. The maximum atomic E-state index is 12.3. The second kappa shape index (κ2) is 12.3. The Hall–Kier alpha value is -2.45. The summed E-state index contributed by atoms with van der Waals surface area (Å²) in [5, 5.41) is 5.82. The zero-order valence-electron chi connectivity index (χ0n) is 18.0. The lowest BCUT2D eigenvalue weighted by Crippen LogP contribution is -2.41. The van der Waals surface area contributed by atoms with E-state index >= 15 is 0 Å². The molecule has 1 fully saturated rings. The van der Waals surface area contributed by atoms with Crippen LogP contribution in [0.25, 0.3) is 0 Å². The van der Waals surface area contributed by atoms with E-state index in [0.29, 0.717) is 37.4 Å². The predicted octanol–water partition coefficient (Wildman–Crippen LogP) is 1.76. The Bertz CT molecular complexity index is 698. The SMILES string of the molecule is CC(C)OCCCNC(=O)C1CCN(CCC(=O)Nc2ccc(C(N)=O)cc2)CC1. The van der Waals surface area contributed by atoms with Gasteiger partial charge in [-0.3, -0.25) is 14.4 Å². The summed E-state index contributed by atoms with van der Waals surface area (Å²) in [6, 6.07) is 6.50. The van der Waals surface area contributed by atoms with Crippen molar-refractivity contribution in [2.24, 2.45) is 11.7 Å². The Morgan fingerprint density at radius 2 is 1.83 bits per heavy atom. The topological polar surface area (TPSA) is 114 Å². The van der Waals surface area contributed by atoms with Gasteiger partial charge in [-0.1, -0.05) is 0 Å². The number of piperidine rings is 1. The second-order valence-electron chi connectivity index (χ2n) is 7.92. The van der Waals surface area contributed by atoms with Crippen LogP contribution in [0.3, 0.4) is 0 Å². The molecule has 0 spiro atoms. The monoisotopic (exact) mass is 418 g/mol. The van der Waals surface area contributed by atoms with Crippen molar-refractivity contribution in [3.8, 4) is 0 Å². The van der Waals surface area contributed by atoms with Crippen LogP contribution in [-0.4, -0.2) is 61.5 Å². The van der Waals surface area contributed by atoms with Gasteiger partial charge in [0.1, 0.15) is 0 Å². The number of nitrogens with one attached hydrogen (secondary N) is 2. The van der Waals surface area contributed by atoms with Crippen LogP contribution in [0, 0.1) is 5.92 Å². The Morgan fingerprint density at radius 3 is 2.43 bits per heavy atom. The molecule has 1 aromatic rings. The lowest BCUT2D eigenvalue weighted by Gasteiger charge is -2.31. The van der Waals surface area contributed by atoms with Crippen molar-refractivity contribution in [1.29, 1.82) is 0 Å². The molecule has 1 heterocycles. The summed E-state index contributed by atoms with van der Waals surface area (Å²) in [6.45, 7) is 7.59. The van der Waals surface area contributed by atoms with E-state index in [4.69, 9.17) is 10.5 Å². The van der Waals surface area contributed by atoms with Crippen molar-refractivity contribution in [3.05, 3.63) is 29.8 Å². The zero-order valence-corrected chi connectivity index (χ0v) is 18.0. The molecule has 0 unspecified atom stereocenters. The molecule has 8 heteroatoms. The number of carbonyl (C=O) groups excluding carboxylic acids is 3. The fraction of sp³-hybridized carbons (Fsp3) is 0.591. The summed E-state index contributed by atoms with van der Waals surface area (Å²) in [4.78, 5) is 37.7. The average molecular weight is 419 g/mol. The van der Waals surface area contributed by atoms with E-state index in [-0.39, 0.29) is 23.8 Å². The Labute approximate surface area is 178 Å². The smallest absolute Gasteiger partial charge is 0.248 e. The highest BCUT2D eigenvalue weighted by molar-refractivity contribution is 5.94. The fourth-order valence-corrected chi connectivity index (χ4v) is 3.37. The number of rotatable bonds is 11. The Morgan fingerprint density at radius 1 is 1.17 bits per heavy atom. The summed E-state index contributed by atoms with van der Waals surface area (Å²) in [7, 11) is 0. The summed E-state index contributed by atoms with van der Waals surface area (Å²) < 4.78 is 5.47. The number of nitrogens with zero attached hydrogens (tertiary/aromatic N) is 1. The third kappa shape index (κ3) is 8.51. The summed E-state index contributed by atoms with van der Waals surface area (Å²) in [5.74, 6) is -0.406. The van der Waals surface area contributed by atoms with E-state index in [9.17, 15) is 14.4 Å². The van der Waals surface area contributed by atoms with Crippen LogP contribution in [0.1, 0.15) is 49.9 Å². The highest BCUT2D eigenvalue weighted by atomic mass is 16.5. The van der Waals surface area contributed by atoms with Crippen molar-refractivity contribution in [1.82, 2.24) is 10.2 Å². The first-order valence-corrected chi connectivity index (χ1v) is 10.7. The Balaban J connectivity index is 1.60. The van der Waals surface area contributed by atoms with Gasteiger partial charge in [0.2, 0.25) is 17.7 Å². The molecule has 1 aliphatic heterocycles. The average Bonchev–Trinajstić information content (AvgIpc) is 2.72. The minimum atomic E-state index is -0.495. The molecular formula is C22H34N4O4. The molecule has 166 valence electrons. The van der Waals surface area contributed by atoms with Crippen LogP contribution >= 0.6 is 0 Å². The van der Waals surface area contributed by atoms with Gasteiger partial charge in [0.25, 0.3) is 0 Å². The summed E-state index contributed by atoms with van der Waals surface area (Å²) in [5.41, 5.74) is 6.25. The molecule has 0 radical (unpaired) electrons. The van der Waals surface area contributed by atoms with E-state index in [1.54, 1.807) is 24.3 Å². The highest BCUT2D eigenvalue weighted by Gasteiger charge is 2.24. The number of ether oxygens (including phenoxy) is 1. The highest BCUT2D eigenvalue weighted by Crippen LogP contribution is 2.18. The van der Waals surface area contributed by atoms with Gasteiger partial charge in [0.15, 0.2) is 0 Å². The first kappa shape index (κ1) is 23.8. The van der Waals surface area contributed by atoms with Crippen molar-refractivity contribution < 1.29 is 19.1 Å². The van der Waals surface area contributed by atoms with Crippen molar-refractivity contribution in [3.63, 3.8) is 0 Å². The largest absolute Gasteiger partial charge is 0.379 e. The normalized spacial score (nSPS) is 15.2. The van der Waals surface area contributed by atoms with Crippen LogP contribution in [0.15, 0.2) is 24.3 Å². The lowest BCUT2D eigenvalue weighted by molar-refractivity contribution is -0.126. The number of hydrogen-bond acceptors (Lipinski definition) is 5. The van der Waals surface area contributed by atoms with Gasteiger partial charge in [0, 0.05) is 43.3 Å². The van der Waals surface area contributed by atoms with Crippen LogP contribution in [-0.2, 0) is 14.3 Å². The van der Waals surface area contributed by atoms with Gasteiger partial charge >= 0.3 is 0 Å². The molecule has 0 aromatic heterocycles. The molecule has 0 bridgehead atoms. The molecule has 1 aromatic carbocycles. The number of amides is 3. The molecule has 30 heavy (non-hydrogen) atoms. The van der Waals surface area contributed by atoms with Crippen molar-refractivity contribution in [2.75, 3.05) is 38.1 Å². The van der Waals surface area contributed by atoms with Gasteiger partial charge in [-0.2, -0.15) is 0 Å². The quantitative estimate of drug-likeness (QED) is 0.474. The third-order valence-corrected chi connectivity index (χ3v) is 5.14. The molecule has 1 aliphatic rings. The van der Waals surface area contributed by atoms with Crippen molar-refractivity contribution >= 4 is 23.4 Å². The van der Waals surface area contributed by atoms with Gasteiger partial charge in [-0.05, 0) is 70.5 Å². The predicted molar refractivity (Wildman–Crippen MR) is 116 cm³/mol. The van der Waals surface area contributed by atoms with Gasteiger partial charge in [-0.25, -0.2) is 0 Å². The summed E-state index contributed by atoms with van der Waals surface area (Å²) in [6.07, 6.45) is 3.04. The van der Waals surface area contributed by atoms with Crippen LogP contribution in [0.2, 0.25) is 0 Å². The minimum absolute atomic E-state index is 0.0462. The molecule has 4 N–H and O–H groups in total. The number of nitrogens with two attached hydrogens (primary N) is 1. The van der Waals surface area contributed by atoms with E-state index in [1.807, 2.05) is 13.8 Å². The zero-order chi connectivity index (χ0) is 21.9. The van der Waals surface area contributed by atoms with Crippen molar-refractivity contribution in [2.45, 2.75) is 45.6 Å². The maximum absolute atomic E-state index is 12.3. The summed E-state index contributed by atoms with van der Waals surface area (Å²) >= 11 is 0. The molecule has 2 rings (SSSR count). The number of primary amides is 1. The number of anilines is 1. The maximum Gasteiger partial charge on any atom is 0.248 e. The number of carbonyl (C=O) groups is 3. The molecule has 3 amide bonds. The third-order valence-electron chi connectivity index (χ3n) is 5.14. The van der Waals surface area contributed by atoms with Gasteiger partial charge in [-0.15, -0.1) is 0 Å². The first-order valence-electron chi connectivity index (χ1n) is 10.7. The Kier molecular flexibility index (Phi) is 9.76.